The van der Waals surface area contributed by atoms with Crippen LogP contribution in [0.5, 0.6) is 0 Å². The summed E-state index contributed by atoms with van der Waals surface area (Å²) in [6, 6.07) is 0. The quantitative estimate of drug-likeness (QED) is 0.278. The number of esters is 2. The predicted molar refractivity (Wildman–Crippen MR) is 43.5 cm³/mol. The molecule has 0 aromatic heterocycles. The molecule has 5 heteroatoms. The average Bonchev–Trinajstić information content (AvgIpc) is 2.13. The van der Waals surface area contributed by atoms with Gasteiger partial charge in [0.05, 0.1) is 0 Å². The Balaban J connectivity index is 3.88. The molecule has 5 nitrogen and oxygen atoms in total. The lowest BCUT2D eigenvalue weighted by Crippen LogP contribution is -2.28. The number of aliphatic hydroxyl groups is 1. The Morgan fingerprint density at radius 2 is 2.08 bits per heavy atom. The number of carbonyl (C=O) groups is 2. The monoisotopic (exact) mass is 186 g/mol. The van der Waals surface area contributed by atoms with Crippen LogP contribution < -0.4 is 0 Å². The molecule has 0 heterocycles. The van der Waals surface area contributed by atoms with E-state index in [0.717, 1.165) is 6.08 Å². The van der Waals surface area contributed by atoms with Crippen LogP contribution in [-0.2, 0) is 19.1 Å². The number of ether oxygens (including phenoxy) is 2. The molecule has 13 heavy (non-hydrogen) atoms. The molecule has 0 aliphatic rings. The van der Waals surface area contributed by atoms with Gasteiger partial charge in [0, 0.05) is 6.08 Å². The molecule has 1 unspecified atom stereocenters. The summed E-state index contributed by atoms with van der Waals surface area (Å²) in [7, 11) is 0. The predicted octanol–water partition coefficient (Wildman–Crippen LogP) is -0.237. The molecule has 0 amide bonds. The third-order valence-electron chi connectivity index (χ3n) is 0.940. The van der Waals surface area contributed by atoms with Crippen LogP contribution in [0, 0.1) is 0 Å². The zero-order chi connectivity index (χ0) is 10.3. The maximum atomic E-state index is 10.7. The van der Waals surface area contributed by atoms with Gasteiger partial charge in [-0.3, -0.25) is 0 Å². The molecule has 0 aliphatic heterocycles. The number of hydrogen-bond donors (Lipinski definition) is 1. The molecule has 72 valence electrons. The van der Waals surface area contributed by atoms with E-state index in [4.69, 9.17) is 5.11 Å². The van der Waals surface area contributed by atoms with Gasteiger partial charge in [-0.05, 0) is 0 Å². The average molecular weight is 186 g/mol. The number of rotatable bonds is 5. The van der Waals surface area contributed by atoms with E-state index in [2.05, 4.69) is 22.6 Å². The second-order valence-electron chi connectivity index (χ2n) is 1.91. The van der Waals surface area contributed by atoms with E-state index >= 15 is 0 Å². The Morgan fingerprint density at radius 3 is 2.54 bits per heavy atom. The van der Waals surface area contributed by atoms with Gasteiger partial charge in [0.15, 0.2) is 0 Å². The van der Waals surface area contributed by atoms with Crippen molar-refractivity contribution in [3.05, 3.63) is 25.3 Å². The molecule has 0 aromatic rings. The van der Waals surface area contributed by atoms with Crippen molar-refractivity contribution in [1.29, 1.82) is 0 Å². The van der Waals surface area contributed by atoms with Crippen LogP contribution in [0.25, 0.3) is 0 Å². The highest BCUT2D eigenvalue weighted by atomic mass is 16.7. The summed E-state index contributed by atoms with van der Waals surface area (Å²) in [5.74, 6) is -1.95. The van der Waals surface area contributed by atoms with Crippen LogP contribution in [0.15, 0.2) is 25.3 Å². The fourth-order valence-electron chi connectivity index (χ4n) is 0.419. The third-order valence-corrected chi connectivity index (χ3v) is 0.940. The first-order chi connectivity index (χ1) is 6.11. The molecule has 0 fully saturated rings. The van der Waals surface area contributed by atoms with Gasteiger partial charge in [-0.1, -0.05) is 19.2 Å². The summed E-state index contributed by atoms with van der Waals surface area (Å²) < 4.78 is 8.53. The SMILES string of the molecule is C=CCOC(=O)C(O)OC(=O)C=C. The van der Waals surface area contributed by atoms with Crippen LogP contribution in [-0.4, -0.2) is 29.9 Å². The number of aliphatic hydroxyl groups excluding tert-OH is 1. The molecule has 0 rings (SSSR count). The highest BCUT2D eigenvalue weighted by molar-refractivity contribution is 5.84. The van der Waals surface area contributed by atoms with Crippen molar-refractivity contribution in [1.82, 2.24) is 0 Å². The molecule has 0 saturated heterocycles. The van der Waals surface area contributed by atoms with Crippen molar-refractivity contribution in [2.45, 2.75) is 6.29 Å². The first kappa shape index (κ1) is 11.4. The van der Waals surface area contributed by atoms with Gasteiger partial charge in [-0.2, -0.15) is 0 Å². The minimum Gasteiger partial charge on any atom is -0.457 e. The van der Waals surface area contributed by atoms with Crippen molar-refractivity contribution in [2.75, 3.05) is 6.61 Å². The molecule has 0 aromatic carbocycles. The van der Waals surface area contributed by atoms with Crippen molar-refractivity contribution in [3.63, 3.8) is 0 Å². The maximum Gasteiger partial charge on any atom is 0.376 e. The van der Waals surface area contributed by atoms with E-state index in [9.17, 15) is 9.59 Å². The molecule has 0 saturated carbocycles. The smallest absolute Gasteiger partial charge is 0.376 e. The van der Waals surface area contributed by atoms with Crippen molar-refractivity contribution in [2.24, 2.45) is 0 Å². The Morgan fingerprint density at radius 1 is 1.46 bits per heavy atom. The zero-order valence-corrected chi connectivity index (χ0v) is 6.93. The Hall–Kier alpha value is -1.62. The van der Waals surface area contributed by atoms with Gasteiger partial charge < -0.3 is 14.6 Å². The van der Waals surface area contributed by atoms with Crippen molar-refractivity contribution >= 4 is 11.9 Å². The van der Waals surface area contributed by atoms with E-state index in [1.807, 2.05) is 0 Å². The maximum absolute atomic E-state index is 10.7. The molecular weight excluding hydrogens is 176 g/mol. The number of hydrogen-bond acceptors (Lipinski definition) is 5. The lowest BCUT2D eigenvalue weighted by atomic mass is 10.6. The van der Waals surface area contributed by atoms with Gasteiger partial charge in [0.25, 0.3) is 6.29 Å². The van der Waals surface area contributed by atoms with Gasteiger partial charge >= 0.3 is 11.9 Å². The fourth-order valence-corrected chi connectivity index (χ4v) is 0.419. The van der Waals surface area contributed by atoms with Crippen LogP contribution in [0.3, 0.4) is 0 Å². The molecule has 0 radical (unpaired) electrons. The van der Waals surface area contributed by atoms with Crippen molar-refractivity contribution in [3.8, 4) is 0 Å². The molecular formula is C8H10O5. The summed E-state index contributed by atoms with van der Waals surface area (Å²) in [5, 5.41) is 8.85. The van der Waals surface area contributed by atoms with Crippen LogP contribution in [0.1, 0.15) is 0 Å². The lowest BCUT2D eigenvalue weighted by Gasteiger charge is -2.08. The molecule has 1 N–H and O–H groups in total. The topological polar surface area (TPSA) is 72.8 Å². The summed E-state index contributed by atoms with van der Waals surface area (Å²) in [4.78, 5) is 21.2. The largest absolute Gasteiger partial charge is 0.457 e. The Kier molecular flexibility index (Phi) is 5.22. The summed E-state index contributed by atoms with van der Waals surface area (Å²) in [6.07, 6.45) is 0.231. The van der Waals surface area contributed by atoms with Gasteiger partial charge in [0.1, 0.15) is 6.61 Å². The summed E-state index contributed by atoms with van der Waals surface area (Å²) in [5.41, 5.74) is 0. The molecule has 1 atom stereocenters. The first-order valence-electron chi connectivity index (χ1n) is 3.40. The van der Waals surface area contributed by atoms with E-state index in [0.29, 0.717) is 0 Å². The van der Waals surface area contributed by atoms with E-state index in [-0.39, 0.29) is 6.61 Å². The number of carbonyl (C=O) groups excluding carboxylic acids is 2. The highest BCUT2D eigenvalue weighted by Crippen LogP contribution is 1.93. The molecule has 0 aliphatic carbocycles. The standard InChI is InChI=1S/C8H10O5/c1-3-5-12-7(10)8(11)13-6(9)4-2/h3-4,8,11H,1-2,5H2. The van der Waals surface area contributed by atoms with E-state index in [1.165, 1.54) is 6.08 Å². The second-order valence-corrected chi connectivity index (χ2v) is 1.91. The highest BCUT2D eigenvalue weighted by Gasteiger charge is 2.19. The van der Waals surface area contributed by atoms with E-state index < -0.39 is 18.2 Å². The Bertz CT molecular complexity index is 221. The van der Waals surface area contributed by atoms with E-state index in [1.54, 1.807) is 0 Å². The first-order valence-corrected chi connectivity index (χ1v) is 3.40. The normalized spacial score (nSPS) is 11.2. The molecule has 0 spiro atoms. The minimum absolute atomic E-state index is 0.0540. The fraction of sp³-hybridized carbons (Fsp3) is 0.250. The van der Waals surface area contributed by atoms with Crippen molar-refractivity contribution < 1.29 is 24.2 Å². The minimum atomic E-state index is -1.91. The zero-order valence-electron chi connectivity index (χ0n) is 6.93. The third kappa shape index (κ3) is 4.76. The van der Waals surface area contributed by atoms with Crippen LogP contribution in [0.4, 0.5) is 0 Å². The molecule has 0 bridgehead atoms. The lowest BCUT2D eigenvalue weighted by molar-refractivity contribution is -0.187. The second kappa shape index (κ2) is 5.96. The summed E-state index contributed by atoms with van der Waals surface area (Å²) in [6.45, 7) is 6.31. The summed E-state index contributed by atoms with van der Waals surface area (Å²) >= 11 is 0. The van der Waals surface area contributed by atoms with Gasteiger partial charge in [-0.25, -0.2) is 9.59 Å². The van der Waals surface area contributed by atoms with Gasteiger partial charge in [0.2, 0.25) is 0 Å². The van der Waals surface area contributed by atoms with Crippen LogP contribution >= 0.6 is 0 Å². The Labute approximate surface area is 75.3 Å². The van der Waals surface area contributed by atoms with Crippen LogP contribution in [0.2, 0.25) is 0 Å². The van der Waals surface area contributed by atoms with Gasteiger partial charge in [-0.15, -0.1) is 0 Å².